The number of allylic oxidation sites excluding steroid dienone is 2. The summed E-state index contributed by atoms with van der Waals surface area (Å²) in [7, 11) is 0. The van der Waals surface area contributed by atoms with Crippen LogP contribution in [0, 0.1) is 0 Å². The highest BCUT2D eigenvalue weighted by atomic mass is 32.2. The maximum Gasteiger partial charge on any atom is 0.0668 e. The monoisotopic (exact) mass is 256 g/mol. The fourth-order valence-corrected chi connectivity index (χ4v) is 2.64. The second-order valence-electron chi connectivity index (χ2n) is 4.71. The van der Waals surface area contributed by atoms with Crippen LogP contribution in [0.15, 0.2) is 21.5 Å². The first-order chi connectivity index (χ1) is 7.29. The lowest BCUT2D eigenvalue weighted by Crippen LogP contribution is -2.34. The third-order valence-electron chi connectivity index (χ3n) is 2.92. The van der Waals surface area contributed by atoms with Crippen molar-refractivity contribution >= 4 is 25.3 Å². The Morgan fingerprint density at radius 2 is 1.19 bits per heavy atom. The molecular weight excluding hydrogens is 236 g/mol. The van der Waals surface area contributed by atoms with Crippen molar-refractivity contribution in [2.45, 2.75) is 53.6 Å². The maximum atomic E-state index is 5.22. The van der Waals surface area contributed by atoms with Crippen LogP contribution in [0.3, 0.4) is 0 Å². The molecule has 2 nitrogen and oxygen atoms in total. The molecule has 0 saturated heterocycles. The SMILES string of the molecule is CC1=C(C)N(C(C)C)C(=C([S-])[S-])N1C(C)C. The van der Waals surface area contributed by atoms with E-state index in [1.165, 1.54) is 11.4 Å². The molecule has 0 aliphatic carbocycles. The Bertz CT molecular complexity index is 313. The summed E-state index contributed by atoms with van der Waals surface area (Å²) in [6, 6.07) is 0.768. The summed E-state index contributed by atoms with van der Waals surface area (Å²) in [4.78, 5) is 4.48. The maximum absolute atomic E-state index is 5.22. The van der Waals surface area contributed by atoms with Gasteiger partial charge >= 0.3 is 0 Å². The minimum absolute atomic E-state index is 0.384. The van der Waals surface area contributed by atoms with Crippen molar-refractivity contribution in [3.8, 4) is 0 Å². The Kier molecular flexibility index (Phi) is 4.07. The standard InChI is InChI=1S/C12H22N2S2/c1-7(2)13-9(5)10(6)14(8(3)4)11(13)12(15)16/h7-8,15-16H,1-6H3/p-2. The molecule has 1 aliphatic heterocycles. The van der Waals surface area contributed by atoms with Crippen LogP contribution in [-0.4, -0.2) is 21.9 Å². The van der Waals surface area contributed by atoms with Crippen molar-refractivity contribution in [3.63, 3.8) is 0 Å². The molecule has 0 aromatic carbocycles. The summed E-state index contributed by atoms with van der Waals surface area (Å²) >= 11 is 10.4. The van der Waals surface area contributed by atoms with Crippen LogP contribution in [0.1, 0.15) is 41.5 Å². The molecule has 0 N–H and O–H groups in total. The number of nitrogens with zero attached hydrogens (tertiary/aromatic N) is 2. The van der Waals surface area contributed by atoms with Gasteiger partial charge in [0.2, 0.25) is 0 Å². The molecule has 0 amide bonds. The molecule has 0 bridgehead atoms. The van der Waals surface area contributed by atoms with Gasteiger partial charge in [0.25, 0.3) is 0 Å². The first-order valence-corrected chi connectivity index (χ1v) is 6.44. The Morgan fingerprint density at radius 3 is 1.38 bits per heavy atom. The van der Waals surface area contributed by atoms with E-state index in [0.29, 0.717) is 16.3 Å². The van der Waals surface area contributed by atoms with Crippen molar-refractivity contribution in [2.24, 2.45) is 0 Å². The van der Waals surface area contributed by atoms with Gasteiger partial charge in [0.15, 0.2) is 0 Å². The largest absolute Gasteiger partial charge is 0.804 e. The molecule has 1 heterocycles. The summed E-state index contributed by atoms with van der Waals surface area (Å²) in [5.41, 5.74) is 2.51. The minimum Gasteiger partial charge on any atom is -0.804 e. The van der Waals surface area contributed by atoms with Gasteiger partial charge in [-0.3, -0.25) is 4.24 Å². The normalized spacial score (nSPS) is 17.1. The van der Waals surface area contributed by atoms with Crippen LogP contribution < -0.4 is 0 Å². The van der Waals surface area contributed by atoms with E-state index in [1.54, 1.807) is 0 Å². The van der Waals surface area contributed by atoms with Gasteiger partial charge in [0.05, 0.1) is 5.82 Å². The molecule has 16 heavy (non-hydrogen) atoms. The van der Waals surface area contributed by atoms with E-state index in [4.69, 9.17) is 25.3 Å². The minimum atomic E-state index is 0.384. The summed E-state index contributed by atoms with van der Waals surface area (Å²) in [6.07, 6.45) is 0. The van der Waals surface area contributed by atoms with Gasteiger partial charge in [0, 0.05) is 23.5 Å². The molecule has 1 rings (SSSR count). The lowest BCUT2D eigenvalue weighted by Gasteiger charge is -2.40. The van der Waals surface area contributed by atoms with E-state index >= 15 is 0 Å². The van der Waals surface area contributed by atoms with E-state index in [-0.39, 0.29) is 0 Å². The van der Waals surface area contributed by atoms with Crippen LogP contribution >= 0.6 is 0 Å². The average molecular weight is 256 g/mol. The predicted octanol–water partition coefficient (Wildman–Crippen LogP) is 2.89. The van der Waals surface area contributed by atoms with Gasteiger partial charge in [-0.2, -0.15) is 0 Å². The van der Waals surface area contributed by atoms with Crippen molar-refractivity contribution < 1.29 is 0 Å². The Morgan fingerprint density at radius 1 is 0.875 bits per heavy atom. The van der Waals surface area contributed by atoms with Crippen LogP contribution in [0.2, 0.25) is 0 Å². The Labute approximate surface area is 110 Å². The summed E-state index contributed by atoms with van der Waals surface area (Å²) in [5, 5.41) is 0. The van der Waals surface area contributed by atoms with Crippen LogP contribution in [0.4, 0.5) is 0 Å². The quantitative estimate of drug-likeness (QED) is 0.701. The molecule has 0 atom stereocenters. The highest BCUT2D eigenvalue weighted by Gasteiger charge is 2.30. The van der Waals surface area contributed by atoms with Crippen molar-refractivity contribution in [2.75, 3.05) is 0 Å². The summed E-state index contributed by atoms with van der Waals surface area (Å²) < 4.78 is 0.554. The third-order valence-corrected chi connectivity index (χ3v) is 3.28. The fourth-order valence-electron chi connectivity index (χ4n) is 2.24. The molecule has 0 spiro atoms. The summed E-state index contributed by atoms with van der Waals surface area (Å²) in [6.45, 7) is 12.9. The highest BCUT2D eigenvalue weighted by molar-refractivity contribution is 7.84. The van der Waals surface area contributed by atoms with Crippen molar-refractivity contribution in [1.82, 2.24) is 9.80 Å². The molecule has 0 radical (unpaired) electrons. The zero-order chi connectivity index (χ0) is 12.6. The lowest BCUT2D eigenvalue weighted by molar-refractivity contribution is 0.268. The van der Waals surface area contributed by atoms with Crippen LogP contribution in [0.5, 0.6) is 0 Å². The van der Waals surface area contributed by atoms with Crippen molar-refractivity contribution in [1.29, 1.82) is 0 Å². The van der Waals surface area contributed by atoms with E-state index in [1.807, 2.05) is 0 Å². The van der Waals surface area contributed by atoms with Crippen LogP contribution in [-0.2, 0) is 25.3 Å². The van der Waals surface area contributed by atoms with Gasteiger partial charge in [-0.25, -0.2) is 0 Å². The molecule has 0 saturated carbocycles. The molecule has 0 aromatic heterocycles. The molecule has 4 heteroatoms. The van der Waals surface area contributed by atoms with Crippen LogP contribution in [0.25, 0.3) is 0 Å². The Hall–Kier alpha value is -0.480. The molecule has 1 aliphatic rings. The molecule has 92 valence electrons. The van der Waals surface area contributed by atoms with E-state index < -0.39 is 0 Å². The first kappa shape index (κ1) is 13.6. The lowest BCUT2D eigenvalue weighted by atomic mass is 10.3. The van der Waals surface area contributed by atoms with Gasteiger partial charge in [0.1, 0.15) is 0 Å². The van der Waals surface area contributed by atoms with E-state index in [0.717, 1.165) is 5.82 Å². The van der Waals surface area contributed by atoms with E-state index in [2.05, 4.69) is 51.3 Å². The smallest absolute Gasteiger partial charge is 0.0668 e. The molecule has 0 aromatic rings. The first-order valence-electron chi connectivity index (χ1n) is 5.63. The zero-order valence-corrected chi connectivity index (χ0v) is 12.5. The second kappa shape index (κ2) is 4.80. The van der Waals surface area contributed by atoms with Gasteiger partial charge in [-0.1, -0.05) is 0 Å². The van der Waals surface area contributed by atoms with E-state index in [9.17, 15) is 0 Å². The molecular formula is C12H20N2S2-2. The van der Waals surface area contributed by atoms with Gasteiger partial charge in [-0.15, -0.1) is 0 Å². The average Bonchev–Trinajstić information content (AvgIpc) is 2.39. The highest BCUT2D eigenvalue weighted by Crippen LogP contribution is 2.36. The molecule has 0 unspecified atom stereocenters. The number of hydrogen-bond donors (Lipinski definition) is 0. The van der Waals surface area contributed by atoms with Crippen molar-refractivity contribution in [3.05, 3.63) is 21.5 Å². The number of hydrogen-bond acceptors (Lipinski definition) is 4. The Balaban J connectivity index is 3.29. The zero-order valence-electron chi connectivity index (χ0n) is 10.9. The number of rotatable bonds is 2. The predicted molar refractivity (Wildman–Crippen MR) is 74.1 cm³/mol. The topological polar surface area (TPSA) is 6.48 Å². The molecule has 0 fully saturated rings. The van der Waals surface area contributed by atoms with Gasteiger partial charge in [-0.05, 0) is 41.5 Å². The van der Waals surface area contributed by atoms with Gasteiger partial charge < -0.3 is 35.1 Å². The fraction of sp³-hybridized carbons (Fsp3) is 0.667. The summed E-state index contributed by atoms with van der Waals surface area (Å²) in [5.74, 6) is 1.00. The third kappa shape index (κ3) is 2.13. The second-order valence-corrected chi connectivity index (χ2v) is 5.78.